The Bertz CT molecular complexity index is 666. The first-order valence-corrected chi connectivity index (χ1v) is 6.69. The van der Waals surface area contributed by atoms with Crippen LogP contribution in [0.15, 0.2) is 24.3 Å². The molecule has 98 valence electrons. The van der Waals surface area contributed by atoms with Crippen molar-refractivity contribution >= 4 is 12.2 Å². The molecule has 0 fully saturated rings. The van der Waals surface area contributed by atoms with Gasteiger partial charge in [0.15, 0.2) is 0 Å². The Morgan fingerprint density at radius 1 is 1.37 bits per heavy atom. The minimum atomic E-state index is -0.224. The van der Waals surface area contributed by atoms with Crippen molar-refractivity contribution in [3.8, 4) is 0 Å². The van der Waals surface area contributed by atoms with E-state index in [0.29, 0.717) is 11.1 Å². The number of nitrogens with zero attached hydrogens (tertiary/aromatic N) is 1. The maximum Gasteiger partial charge on any atom is 0.134 e. The second kappa shape index (κ2) is 5.19. The number of hydrogen-bond donors (Lipinski definition) is 2. The van der Waals surface area contributed by atoms with Crippen LogP contribution in [0, 0.1) is 10.5 Å². The van der Waals surface area contributed by atoms with Crippen molar-refractivity contribution in [3.63, 3.8) is 0 Å². The average molecular weight is 275 g/mol. The maximum absolute atomic E-state index is 13.2. The summed E-state index contributed by atoms with van der Waals surface area (Å²) in [4.78, 5) is 7.74. The fourth-order valence-corrected chi connectivity index (χ4v) is 2.65. The molecule has 2 aromatic rings. The lowest BCUT2D eigenvalue weighted by Crippen LogP contribution is -2.26. The Labute approximate surface area is 115 Å². The number of halogens is 1. The fourth-order valence-electron chi connectivity index (χ4n) is 2.34. The summed E-state index contributed by atoms with van der Waals surface area (Å²) in [5.41, 5.74) is 3.14. The molecule has 1 aliphatic heterocycles. The van der Waals surface area contributed by atoms with Gasteiger partial charge in [0, 0.05) is 37.2 Å². The molecule has 1 aliphatic rings. The van der Waals surface area contributed by atoms with Gasteiger partial charge in [-0.25, -0.2) is 9.37 Å². The van der Waals surface area contributed by atoms with Crippen molar-refractivity contribution in [2.45, 2.75) is 19.4 Å². The van der Waals surface area contributed by atoms with Gasteiger partial charge in [0.05, 0.1) is 0 Å². The topological polar surface area (TPSA) is 40.7 Å². The Kier molecular flexibility index (Phi) is 3.40. The van der Waals surface area contributed by atoms with E-state index < -0.39 is 0 Å². The third-order valence-electron chi connectivity index (χ3n) is 3.27. The zero-order valence-corrected chi connectivity index (χ0v) is 11.2. The Morgan fingerprint density at radius 2 is 2.26 bits per heavy atom. The van der Waals surface area contributed by atoms with Gasteiger partial charge in [0.2, 0.25) is 0 Å². The van der Waals surface area contributed by atoms with Gasteiger partial charge in [-0.15, -0.1) is 0 Å². The van der Waals surface area contributed by atoms with Gasteiger partial charge in [-0.1, -0.05) is 24.4 Å². The van der Waals surface area contributed by atoms with Crippen molar-refractivity contribution in [1.29, 1.82) is 0 Å². The van der Waals surface area contributed by atoms with E-state index in [1.54, 1.807) is 6.07 Å². The van der Waals surface area contributed by atoms with Crippen LogP contribution in [0.5, 0.6) is 0 Å². The predicted molar refractivity (Wildman–Crippen MR) is 74.0 cm³/mol. The summed E-state index contributed by atoms with van der Waals surface area (Å²) in [7, 11) is 0. The normalized spacial score (nSPS) is 14.2. The summed E-state index contributed by atoms with van der Waals surface area (Å²) in [5, 5.41) is 3.28. The third-order valence-corrected chi connectivity index (χ3v) is 3.61. The molecule has 2 N–H and O–H groups in total. The molecule has 0 aliphatic carbocycles. The smallest absolute Gasteiger partial charge is 0.134 e. The molecule has 0 spiro atoms. The van der Waals surface area contributed by atoms with Crippen molar-refractivity contribution in [2.24, 2.45) is 0 Å². The Hall–Kier alpha value is -1.59. The number of hydrogen-bond acceptors (Lipinski definition) is 3. The van der Waals surface area contributed by atoms with E-state index in [0.717, 1.165) is 42.2 Å². The zero-order valence-electron chi connectivity index (χ0n) is 10.4. The minimum Gasteiger partial charge on any atom is -0.346 e. The quantitative estimate of drug-likeness (QED) is 0.827. The minimum absolute atomic E-state index is 0.224. The molecule has 5 heteroatoms. The van der Waals surface area contributed by atoms with Crippen LogP contribution in [0.25, 0.3) is 0 Å². The molecule has 0 unspecified atom stereocenters. The van der Waals surface area contributed by atoms with E-state index in [1.165, 1.54) is 12.1 Å². The van der Waals surface area contributed by atoms with E-state index in [2.05, 4.69) is 15.3 Å². The van der Waals surface area contributed by atoms with Crippen LogP contribution in [0.1, 0.15) is 22.6 Å². The summed E-state index contributed by atoms with van der Waals surface area (Å²) in [6.07, 6.45) is 1.50. The molecule has 0 atom stereocenters. The van der Waals surface area contributed by atoms with Gasteiger partial charge in [-0.05, 0) is 17.7 Å². The number of aromatic amines is 1. The average Bonchev–Trinajstić information content (AvgIpc) is 2.39. The molecule has 0 saturated carbocycles. The van der Waals surface area contributed by atoms with Crippen LogP contribution in [0.4, 0.5) is 4.39 Å². The van der Waals surface area contributed by atoms with Crippen LogP contribution in [0.2, 0.25) is 0 Å². The summed E-state index contributed by atoms with van der Waals surface area (Å²) < 4.78 is 13.8. The van der Waals surface area contributed by atoms with Crippen molar-refractivity contribution in [1.82, 2.24) is 15.3 Å². The van der Waals surface area contributed by atoms with Crippen LogP contribution in [0.3, 0.4) is 0 Å². The molecule has 3 nitrogen and oxygen atoms in total. The van der Waals surface area contributed by atoms with Crippen LogP contribution < -0.4 is 5.32 Å². The SMILES string of the molecule is Fc1cccc(Cc2nc(=S)c3c([nH]2)CCNC3)c1. The molecule has 1 aromatic heterocycles. The molecule has 0 radical (unpaired) electrons. The van der Waals surface area contributed by atoms with Crippen molar-refractivity contribution in [3.05, 3.63) is 57.4 Å². The molecule has 1 aromatic carbocycles. The van der Waals surface area contributed by atoms with Gasteiger partial charge in [-0.3, -0.25) is 0 Å². The molecular weight excluding hydrogens is 261 g/mol. The molecule has 3 rings (SSSR count). The van der Waals surface area contributed by atoms with Gasteiger partial charge in [-0.2, -0.15) is 0 Å². The second-order valence-electron chi connectivity index (χ2n) is 4.68. The molecule has 2 heterocycles. The standard InChI is InChI=1S/C14H14FN3S/c15-10-3-1-2-9(6-10)7-13-17-12-4-5-16-8-11(12)14(19)18-13/h1-3,6,16H,4-5,7-8H2,(H,17,18,19). The first-order valence-electron chi connectivity index (χ1n) is 6.28. The first-order chi connectivity index (χ1) is 9.22. The molecule has 0 bridgehead atoms. The Morgan fingerprint density at radius 3 is 3.11 bits per heavy atom. The number of benzene rings is 1. The maximum atomic E-state index is 13.2. The monoisotopic (exact) mass is 275 g/mol. The lowest BCUT2D eigenvalue weighted by Gasteiger charge is -2.17. The molecule has 0 saturated heterocycles. The largest absolute Gasteiger partial charge is 0.346 e. The second-order valence-corrected chi connectivity index (χ2v) is 5.07. The molecule has 19 heavy (non-hydrogen) atoms. The van der Waals surface area contributed by atoms with E-state index >= 15 is 0 Å². The summed E-state index contributed by atoms with van der Waals surface area (Å²) >= 11 is 5.32. The van der Waals surface area contributed by atoms with Crippen LogP contribution in [-0.2, 0) is 19.4 Å². The summed E-state index contributed by atoms with van der Waals surface area (Å²) in [6, 6.07) is 6.57. The number of fused-ring (bicyclic) bond motifs is 1. The number of rotatable bonds is 2. The highest BCUT2D eigenvalue weighted by Crippen LogP contribution is 2.14. The molecule has 0 amide bonds. The predicted octanol–water partition coefficient (Wildman–Crippen LogP) is 2.51. The van der Waals surface area contributed by atoms with E-state index in [9.17, 15) is 4.39 Å². The van der Waals surface area contributed by atoms with E-state index in [-0.39, 0.29) is 5.82 Å². The van der Waals surface area contributed by atoms with Crippen molar-refractivity contribution in [2.75, 3.05) is 6.54 Å². The lowest BCUT2D eigenvalue weighted by atomic mass is 10.1. The molecular formula is C14H14FN3S. The first kappa shape index (κ1) is 12.4. The van der Waals surface area contributed by atoms with Gasteiger partial charge < -0.3 is 10.3 Å². The third kappa shape index (κ3) is 2.72. The highest BCUT2D eigenvalue weighted by atomic mass is 32.1. The summed E-state index contributed by atoms with van der Waals surface area (Å²) in [5.74, 6) is 0.578. The number of H-pyrrole nitrogens is 1. The lowest BCUT2D eigenvalue weighted by molar-refractivity contribution is 0.617. The van der Waals surface area contributed by atoms with Gasteiger partial charge in [0.25, 0.3) is 0 Å². The summed E-state index contributed by atoms with van der Waals surface area (Å²) in [6.45, 7) is 1.72. The number of aromatic nitrogens is 2. The van der Waals surface area contributed by atoms with E-state index in [1.807, 2.05) is 6.07 Å². The van der Waals surface area contributed by atoms with E-state index in [4.69, 9.17) is 12.2 Å². The fraction of sp³-hybridized carbons (Fsp3) is 0.286. The zero-order chi connectivity index (χ0) is 13.2. The van der Waals surface area contributed by atoms with Crippen molar-refractivity contribution < 1.29 is 4.39 Å². The number of nitrogens with one attached hydrogen (secondary N) is 2. The Balaban J connectivity index is 1.94. The van der Waals surface area contributed by atoms with Gasteiger partial charge >= 0.3 is 0 Å². The van der Waals surface area contributed by atoms with Crippen LogP contribution in [-0.4, -0.2) is 16.5 Å². The van der Waals surface area contributed by atoms with Crippen LogP contribution >= 0.6 is 12.2 Å². The highest BCUT2D eigenvalue weighted by molar-refractivity contribution is 7.71. The highest BCUT2D eigenvalue weighted by Gasteiger charge is 2.12. The van der Waals surface area contributed by atoms with Gasteiger partial charge in [0.1, 0.15) is 16.3 Å².